The molecule has 0 aliphatic carbocycles. The van der Waals surface area contributed by atoms with Crippen LogP contribution in [0, 0.1) is 5.92 Å². The average Bonchev–Trinajstić information content (AvgIpc) is 3.43. The zero-order valence-electron chi connectivity index (χ0n) is 24.8. The Morgan fingerprint density at radius 3 is 2.44 bits per heavy atom. The number of likely N-dealkylation sites (tertiary alicyclic amines) is 1. The van der Waals surface area contributed by atoms with E-state index in [1.165, 1.54) is 5.70 Å². The van der Waals surface area contributed by atoms with Crippen LogP contribution in [0.15, 0.2) is 60.6 Å². The fourth-order valence-corrected chi connectivity index (χ4v) is 6.33. The number of fused-ring (bicyclic) bond motifs is 1. The molecule has 2 aliphatic heterocycles. The van der Waals surface area contributed by atoms with Crippen LogP contribution in [0.2, 0.25) is 0 Å². The monoisotopic (exact) mass is 559 g/mol. The van der Waals surface area contributed by atoms with Crippen molar-refractivity contribution in [3.8, 4) is 11.5 Å². The number of rotatable bonds is 8. The summed E-state index contributed by atoms with van der Waals surface area (Å²) in [5, 5.41) is 4.36. The van der Waals surface area contributed by atoms with Crippen molar-refractivity contribution < 1.29 is 19.1 Å². The molecule has 218 valence electrons. The smallest absolute Gasteiger partial charge is 0.257 e. The molecule has 41 heavy (non-hydrogen) atoms. The molecule has 1 atom stereocenters. The molecular weight excluding hydrogens is 518 g/mol. The fourth-order valence-electron chi connectivity index (χ4n) is 6.33. The lowest BCUT2D eigenvalue weighted by Crippen LogP contribution is -2.66. The molecule has 1 spiro atoms. The number of hydrogen-bond donors (Lipinski definition) is 0. The maximum atomic E-state index is 13.7. The largest absolute Gasteiger partial charge is 0.497 e. The van der Waals surface area contributed by atoms with Crippen molar-refractivity contribution in [1.82, 2.24) is 24.3 Å². The van der Waals surface area contributed by atoms with Gasteiger partial charge in [-0.3, -0.25) is 9.59 Å². The van der Waals surface area contributed by atoms with E-state index in [0.717, 1.165) is 29.0 Å². The number of carbonyl (C=O) groups is 2. The number of piperidine rings is 1. The van der Waals surface area contributed by atoms with E-state index in [1.807, 2.05) is 47.5 Å². The summed E-state index contributed by atoms with van der Waals surface area (Å²) in [6.45, 7) is 9.09. The lowest BCUT2D eigenvalue weighted by atomic mass is 9.78. The minimum atomic E-state index is -0.478. The first kappa shape index (κ1) is 28.5. The topological polar surface area (TPSA) is 79.6 Å². The number of likely N-dealkylation sites (N-methyl/N-ethyl adjacent to an activating group) is 1. The van der Waals surface area contributed by atoms with Crippen molar-refractivity contribution in [2.24, 2.45) is 5.92 Å². The Hall–Kier alpha value is -4.01. The van der Waals surface area contributed by atoms with Crippen LogP contribution in [0.5, 0.6) is 11.5 Å². The molecule has 2 amide bonds. The molecule has 3 aromatic rings. The van der Waals surface area contributed by atoms with E-state index in [4.69, 9.17) is 9.47 Å². The van der Waals surface area contributed by atoms with Gasteiger partial charge in [-0.05, 0) is 55.5 Å². The van der Waals surface area contributed by atoms with E-state index >= 15 is 0 Å². The molecule has 2 aliphatic rings. The summed E-state index contributed by atoms with van der Waals surface area (Å²) in [4.78, 5) is 33.6. The number of amides is 2. The number of allylic oxidation sites excluding steroid dienone is 1. The molecule has 2 saturated heterocycles. The van der Waals surface area contributed by atoms with E-state index < -0.39 is 5.54 Å². The molecule has 0 radical (unpaired) electrons. The van der Waals surface area contributed by atoms with Crippen molar-refractivity contribution in [1.29, 1.82) is 0 Å². The maximum absolute atomic E-state index is 13.7. The average molecular weight is 560 g/mol. The Bertz CT molecular complexity index is 1420. The van der Waals surface area contributed by atoms with E-state index in [-0.39, 0.29) is 11.8 Å². The number of hydrogen-bond acceptors (Lipinski definition) is 6. The van der Waals surface area contributed by atoms with Crippen molar-refractivity contribution in [3.63, 3.8) is 0 Å². The number of nitrogens with zero attached hydrogens (tertiary/aromatic N) is 5. The van der Waals surface area contributed by atoms with Gasteiger partial charge >= 0.3 is 0 Å². The zero-order valence-corrected chi connectivity index (χ0v) is 24.8. The first-order chi connectivity index (χ1) is 19.8. The quantitative estimate of drug-likeness (QED) is 0.401. The van der Waals surface area contributed by atoms with Gasteiger partial charge in [-0.15, -0.1) is 0 Å². The van der Waals surface area contributed by atoms with Crippen molar-refractivity contribution in [2.75, 3.05) is 40.4 Å². The highest BCUT2D eigenvalue weighted by Crippen LogP contribution is 2.42. The molecule has 0 N–H and O–H groups in total. The van der Waals surface area contributed by atoms with E-state index in [9.17, 15) is 9.59 Å². The number of methoxy groups -OCH3 is 2. The van der Waals surface area contributed by atoms with Crippen LogP contribution < -0.4 is 9.47 Å². The molecule has 0 saturated carbocycles. The van der Waals surface area contributed by atoms with Gasteiger partial charge in [0, 0.05) is 44.1 Å². The normalized spacial score (nSPS) is 18.8. The van der Waals surface area contributed by atoms with Crippen molar-refractivity contribution in [2.45, 2.75) is 52.1 Å². The summed E-state index contributed by atoms with van der Waals surface area (Å²) in [6, 6.07) is 11.6. The van der Waals surface area contributed by atoms with Gasteiger partial charge in [0.2, 0.25) is 5.91 Å². The second kappa shape index (κ2) is 11.8. The van der Waals surface area contributed by atoms with Crippen molar-refractivity contribution >= 4 is 17.3 Å². The SMILES string of the molecule is CC[C@@H](C)/C=C1\N(Cc2cc(OC)cc(OC)c2)CC(=O)N(CC)C12CCN(C(=O)c1cnn3ccccc13)CC2. The summed E-state index contributed by atoms with van der Waals surface area (Å²) in [7, 11) is 3.29. The van der Waals surface area contributed by atoms with Crippen LogP contribution in [0.1, 0.15) is 56.0 Å². The van der Waals surface area contributed by atoms with E-state index in [0.29, 0.717) is 57.0 Å². The molecule has 2 fully saturated rings. The number of aromatic nitrogens is 2. The third kappa shape index (κ3) is 5.37. The molecule has 5 rings (SSSR count). The molecule has 0 bridgehead atoms. The number of benzene rings is 1. The van der Waals surface area contributed by atoms with Gasteiger partial charge in [0.25, 0.3) is 5.91 Å². The number of ether oxygens (including phenoxy) is 2. The van der Waals surface area contributed by atoms with Gasteiger partial charge in [0.1, 0.15) is 11.5 Å². The van der Waals surface area contributed by atoms with Crippen LogP contribution in [0.25, 0.3) is 5.52 Å². The lowest BCUT2D eigenvalue weighted by molar-refractivity contribution is -0.144. The van der Waals surface area contributed by atoms with E-state index in [1.54, 1.807) is 24.9 Å². The molecule has 9 nitrogen and oxygen atoms in total. The van der Waals surface area contributed by atoms with Gasteiger partial charge in [0.15, 0.2) is 0 Å². The fraction of sp³-hybridized carbons (Fsp3) is 0.469. The van der Waals surface area contributed by atoms with Gasteiger partial charge in [-0.2, -0.15) is 5.10 Å². The Kier molecular flexibility index (Phi) is 8.24. The van der Waals surface area contributed by atoms with Crippen molar-refractivity contribution in [3.05, 3.63) is 71.7 Å². The minimum absolute atomic E-state index is 0.0148. The molecule has 2 aromatic heterocycles. The first-order valence-corrected chi connectivity index (χ1v) is 14.5. The van der Waals surface area contributed by atoms with Gasteiger partial charge in [-0.1, -0.05) is 32.4 Å². The van der Waals surface area contributed by atoms with Gasteiger partial charge in [0.05, 0.1) is 43.6 Å². The molecule has 0 unspecified atom stereocenters. The Morgan fingerprint density at radius 1 is 1.10 bits per heavy atom. The van der Waals surface area contributed by atoms with Gasteiger partial charge in [-0.25, -0.2) is 4.52 Å². The maximum Gasteiger partial charge on any atom is 0.257 e. The molecule has 9 heteroatoms. The summed E-state index contributed by atoms with van der Waals surface area (Å²) >= 11 is 0. The van der Waals surface area contributed by atoms with E-state index in [2.05, 4.69) is 41.7 Å². The Balaban J connectivity index is 1.47. The van der Waals surface area contributed by atoms with Crippen LogP contribution in [-0.2, 0) is 11.3 Å². The predicted molar refractivity (Wildman–Crippen MR) is 158 cm³/mol. The Morgan fingerprint density at radius 2 is 1.80 bits per heavy atom. The highest BCUT2D eigenvalue weighted by molar-refractivity contribution is 6.00. The number of piperazine rings is 1. The number of pyridine rings is 1. The molecule has 1 aromatic carbocycles. The summed E-state index contributed by atoms with van der Waals surface area (Å²) in [6.07, 6.45) is 8.22. The van der Waals surface area contributed by atoms with Crippen LogP contribution >= 0.6 is 0 Å². The minimum Gasteiger partial charge on any atom is -0.497 e. The summed E-state index contributed by atoms with van der Waals surface area (Å²) in [5.41, 5.74) is 3.13. The summed E-state index contributed by atoms with van der Waals surface area (Å²) in [5.74, 6) is 1.89. The van der Waals surface area contributed by atoms with Crippen LogP contribution in [-0.4, -0.2) is 82.1 Å². The molecule has 4 heterocycles. The standard InChI is InChI=1S/C32H41N5O4/c1-6-23(3)16-29-32(11-14-34(15-12-32)31(39)27-20-33-37-13-9-8-10-28(27)37)36(7-2)30(38)22-35(29)21-24-17-25(40-4)19-26(18-24)41-5/h8-10,13,16-20,23H,6-7,11-12,14-15,21-22H2,1-5H3/b29-16-/t23-/m1/s1. The molecular formula is C32H41N5O4. The first-order valence-electron chi connectivity index (χ1n) is 14.5. The second-order valence-corrected chi connectivity index (χ2v) is 11.1. The number of carbonyl (C=O) groups excluding carboxylic acids is 2. The lowest BCUT2D eigenvalue weighted by Gasteiger charge is -2.56. The van der Waals surface area contributed by atoms with Crippen LogP contribution in [0.3, 0.4) is 0 Å². The van der Waals surface area contributed by atoms with Gasteiger partial charge < -0.3 is 24.2 Å². The van der Waals surface area contributed by atoms with Crippen LogP contribution in [0.4, 0.5) is 0 Å². The Labute approximate surface area is 242 Å². The highest BCUT2D eigenvalue weighted by Gasteiger charge is 2.50. The third-order valence-electron chi connectivity index (χ3n) is 8.68. The predicted octanol–water partition coefficient (Wildman–Crippen LogP) is 4.62. The second-order valence-electron chi connectivity index (χ2n) is 11.1. The zero-order chi connectivity index (χ0) is 29.1. The third-order valence-corrected chi connectivity index (χ3v) is 8.68. The highest BCUT2D eigenvalue weighted by atomic mass is 16.5. The summed E-state index contributed by atoms with van der Waals surface area (Å²) < 4.78 is 12.8.